The zero-order chi connectivity index (χ0) is 28.7. The molecule has 0 fully saturated rings. The summed E-state index contributed by atoms with van der Waals surface area (Å²) in [7, 11) is -4.20. The highest BCUT2D eigenvalue weighted by Crippen LogP contribution is 2.27. The smallest absolute Gasteiger partial charge is 0.264 e. The highest BCUT2D eigenvalue weighted by molar-refractivity contribution is 7.92. The van der Waals surface area contributed by atoms with Crippen LogP contribution in [0.15, 0.2) is 77.7 Å². The Morgan fingerprint density at radius 3 is 2.15 bits per heavy atom. The Morgan fingerprint density at radius 1 is 0.923 bits per heavy atom. The average Bonchev–Trinajstić information content (AvgIpc) is 2.90. The highest BCUT2D eigenvalue weighted by Gasteiger charge is 2.32. The van der Waals surface area contributed by atoms with Crippen LogP contribution in [0.2, 0.25) is 10.0 Å². The molecule has 0 radical (unpaired) electrons. The molecule has 10 heteroatoms. The van der Waals surface area contributed by atoms with E-state index >= 15 is 0 Å². The van der Waals surface area contributed by atoms with E-state index in [-0.39, 0.29) is 29.1 Å². The van der Waals surface area contributed by atoms with Crippen LogP contribution in [0, 0.1) is 6.92 Å². The normalized spacial score (nSPS) is 12.9. The molecule has 1 N–H and O–H groups in total. The van der Waals surface area contributed by atoms with E-state index in [1.54, 1.807) is 25.1 Å². The molecule has 0 spiro atoms. The molecule has 0 saturated heterocycles. The zero-order valence-electron chi connectivity index (χ0n) is 22.4. The summed E-state index contributed by atoms with van der Waals surface area (Å²) in [6, 6.07) is 18.6. The van der Waals surface area contributed by atoms with E-state index in [1.165, 1.54) is 35.2 Å². The minimum Gasteiger partial charge on any atom is -0.352 e. The van der Waals surface area contributed by atoms with Gasteiger partial charge in [0, 0.05) is 22.6 Å². The Kier molecular flexibility index (Phi) is 10.4. The monoisotopic (exact) mass is 589 g/mol. The van der Waals surface area contributed by atoms with Crippen molar-refractivity contribution in [3.63, 3.8) is 0 Å². The number of aryl methyl sites for hydroxylation is 1. The van der Waals surface area contributed by atoms with Crippen molar-refractivity contribution in [2.75, 3.05) is 10.8 Å². The molecule has 0 aliphatic carbocycles. The maximum absolute atomic E-state index is 13.9. The molecule has 3 aromatic carbocycles. The summed E-state index contributed by atoms with van der Waals surface area (Å²) in [4.78, 5) is 28.4. The van der Waals surface area contributed by atoms with Gasteiger partial charge in [0.1, 0.15) is 12.6 Å². The minimum absolute atomic E-state index is 0.0349. The van der Waals surface area contributed by atoms with Gasteiger partial charge in [0.2, 0.25) is 11.8 Å². The molecule has 2 amide bonds. The molecule has 0 aliphatic heterocycles. The van der Waals surface area contributed by atoms with Gasteiger partial charge in [0.15, 0.2) is 0 Å². The van der Waals surface area contributed by atoms with E-state index < -0.39 is 28.5 Å². The van der Waals surface area contributed by atoms with E-state index in [4.69, 9.17) is 23.2 Å². The van der Waals surface area contributed by atoms with Gasteiger partial charge in [-0.25, -0.2) is 8.42 Å². The predicted octanol–water partition coefficient (Wildman–Crippen LogP) is 5.83. The van der Waals surface area contributed by atoms with Gasteiger partial charge in [-0.15, -0.1) is 0 Å². The number of carbonyl (C=O) groups is 2. The van der Waals surface area contributed by atoms with E-state index in [9.17, 15) is 18.0 Å². The Hall–Kier alpha value is -3.07. The number of hydrogen-bond donors (Lipinski definition) is 1. The van der Waals surface area contributed by atoms with E-state index in [1.807, 2.05) is 45.0 Å². The first-order valence-electron chi connectivity index (χ1n) is 12.6. The molecule has 39 heavy (non-hydrogen) atoms. The second kappa shape index (κ2) is 13.3. The molecule has 2 atom stereocenters. The number of amides is 2. The topological polar surface area (TPSA) is 86.8 Å². The van der Waals surface area contributed by atoms with Crippen molar-refractivity contribution in [3.8, 4) is 0 Å². The molecule has 0 bridgehead atoms. The molecule has 208 valence electrons. The molecule has 0 saturated carbocycles. The van der Waals surface area contributed by atoms with Gasteiger partial charge < -0.3 is 10.2 Å². The summed E-state index contributed by atoms with van der Waals surface area (Å²) in [5.41, 5.74) is 2.09. The molecule has 0 aromatic heterocycles. The summed E-state index contributed by atoms with van der Waals surface area (Å²) >= 11 is 12.2. The SMILES string of the molecule is CCC(C)NC(=O)C(C)N(Cc1ccc(C)cc1)C(=O)CN(c1cccc(Cl)c1)S(=O)(=O)c1ccc(Cl)cc1. The molecule has 3 aromatic rings. The van der Waals surface area contributed by atoms with Gasteiger partial charge in [0.25, 0.3) is 10.0 Å². The van der Waals surface area contributed by atoms with Crippen molar-refractivity contribution in [1.29, 1.82) is 0 Å². The van der Waals surface area contributed by atoms with Gasteiger partial charge in [-0.3, -0.25) is 13.9 Å². The third-order valence-electron chi connectivity index (χ3n) is 6.42. The lowest BCUT2D eigenvalue weighted by atomic mass is 10.1. The van der Waals surface area contributed by atoms with Crippen LogP contribution in [0.5, 0.6) is 0 Å². The van der Waals surface area contributed by atoms with Crippen LogP contribution in [0.3, 0.4) is 0 Å². The number of halogens is 2. The Bertz CT molecular complexity index is 1400. The first-order chi connectivity index (χ1) is 18.4. The summed E-state index contributed by atoms with van der Waals surface area (Å²) in [5, 5.41) is 3.61. The van der Waals surface area contributed by atoms with Crippen LogP contribution in [-0.4, -0.2) is 43.8 Å². The highest BCUT2D eigenvalue weighted by atomic mass is 35.5. The molecular weight excluding hydrogens is 557 g/mol. The van der Waals surface area contributed by atoms with Gasteiger partial charge in [0.05, 0.1) is 10.6 Å². The van der Waals surface area contributed by atoms with E-state index in [0.717, 1.165) is 21.9 Å². The van der Waals surface area contributed by atoms with Crippen molar-refractivity contribution < 1.29 is 18.0 Å². The number of rotatable bonds is 11. The average molecular weight is 591 g/mol. The predicted molar refractivity (Wildman–Crippen MR) is 157 cm³/mol. The van der Waals surface area contributed by atoms with Crippen molar-refractivity contribution in [2.24, 2.45) is 0 Å². The van der Waals surface area contributed by atoms with Crippen LogP contribution in [0.4, 0.5) is 5.69 Å². The van der Waals surface area contributed by atoms with E-state index in [0.29, 0.717) is 10.0 Å². The number of hydrogen-bond acceptors (Lipinski definition) is 4. The molecule has 7 nitrogen and oxygen atoms in total. The van der Waals surface area contributed by atoms with Crippen molar-refractivity contribution in [1.82, 2.24) is 10.2 Å². The number of anilines is 1. The second-order valence-corrected chi connectivity index (χ2v) is 12.2. The largest absolute Gasteiger partial charge is 0.352 e. The first-order valence-corrected chi connectivity index (χ1v) is 14.8. The van der Waals surface area contributed by atoms with Crippen LogP contribution in [-0.2, 0) is 26.2 Å². The number of sulfonamides is 1. The second-order valence-electron chi connectivity index (χ2n) is 9.45. The maximum atomic E-state index is 13.9. The Morgan fingerprint density at radius 2 is 1.56 bits per heavy atom. The van der Waals surface area contributed by atoms with Crippen molar-refractivity contribution in [3.05, 3.63) is 94.0 Å². The number of nitrogens with zero attached hydrogens (tertiary/aromatic N) is 2. The first kappa shape index (κ1) is 30.5. The molecule has 0 heterocycles. The lowest BCUT2D eigenvalue weighted by Gasteiger charge is -2.32. The standard InChI is InChI=1S/C29H33Cl2N3O4S/c1-5-21(3)32-29(36)22(4)33(18-23-11-9-20(2)10-12-23)28(35)19-34(26-8-6-7-25(31)17-26)39(37,38)27-15-13-24(30)14-16-27/h6-17,21-22H,5,18-19H2,1-4H3,(H,32,36). The fourth-order valence-electron chi connectivity index (χ4n) is 3.83. The number of benzene rings is 3. The summed E-state index contributed by atoms with van der Waals surface area (Å²) < 4.78 is 28.6. The summed E-state index contributed by atoms with van der Waals surface area (Å²) in [6.07, 6.45) is 0.728. The summed E-state index contributed by atoms with van der Waals surface area (Å²) in [6.45, 7) is 7.02. The lowest BCUT2D eigenvalue weighted by Crippen LogP contribution is -2.52. The molecular formula is C29H33Cl2N3O4S. The van der Waals surface area contributed by atoms with Crippen molar-refractivity contribution >= 4 is 50.7 Å². The van der Waals surface area contributed by atoms with Crippen LogP contribution in [0.25, 0.3) is 0 Å². The Balaban J connectivity index is 2.02. The number of carbonyl (C=O) groups excluding carboxylic acids is 2. The Labute approximate surface area is 240 Å². The van der Waals surface area contributed by atoms with Crippen LogP contribution < -0.4 is 9.62 Å². The fraction of sp³-hybridized carbons (Fsp3) is 0.310. The molecule has 3 rings (SSSR count). The molecule has 2 unspecified atom stereocenters. The third-order valence-corrected chi connectivity index (χ3v) is 8.69. The van der Waals surface area contributed by atoms with Gasteiger partial charge in [-0.05, 0) is 75.2 Å². The van der Waals surface area contributed by atoms with E-state index in [2.05, 4.69) is 5.32 Å². The van der Waals surface area contributed by atoms with Crippen LogP contribution >= 0.6 is 23.2 Å². The molecule has 0 aliphatic rings. The maximum Gasteiger partial charge on any atom is 0.264 e. The van der Waals surface area contributed by atoms with Gasteiger partial charge in [-0.1, -0.05) is 66.0 Å². The van der Waals surface area contributed by atoms with Crippen molar-refractivity contribution in [2.45, 2.75) is 57.6 Å². The minimum atomic E-state index is -4.20. The lowest BCUT2D eigenvalue weighted by molar-refractivity contribution is -0.139. The zero-order valence-corrected chi connectivity index (χ0v) is 24.7. The third kappa shape index (κ3) is 7.97. The summed E-state index contributed by atoms with van der Waals surface area (Å²) in [5.74, 6) is -0.862. The van der Waals surface area contributed by atoms with Gasteiger partial charge in [-0.2, -0.15) is 0 Å². The van der Waals surface area contributed by atoms with Gasteiger partial charge >= 0.3 is 0 Å². The fourth-order valence-corrected chi connectivity index (χ4v) is 5.55. The quantitative estimate of drug-likeness (QED) is 0.305. The van der Waals surface area contributed by atoms with Crippen LogP contribution in [0.1, 0.15) is 38.3 Å². The number of nitrogens with one attached hydrogen (secondary N) is 1.